The van der Waals surface area contributed by atoms with Crippen LogP contribution in [0.5, 0.6) is 0 Å². The molecule has 0 aliphatic heterocycles. The van der Waals surface area contributed by atoms with Gasteiger partial charge in [0.2, 0.25) is 10.0 Å². The van der Waals surface area contributed by atoms with Gasteiger partial charge >= 0.3 is 6.18 Å². The molecule has 1 aromatic rings. The van der Waals surface area contributed by atoms with Gasteiger partial charge in [-0.15, -0.1) is 11.8 Å². The second-order valence-corrected chi connectivity index (χ2v) is 6.70. The summed E-state index contributed by atoms with van der Waals surface area (Å²) in [6.07, 6.45) is -4.56. The number of hydrogen-bond donors (Lipinski definition) is 1. The molecule has 1 unspecified atom stereocenters. The van der Waals surface area contributed by atoms with Gasteiger partial charge in [-0.05, 0) is 18.4 Å². The Morgan fingerprint density at radius 1 is 1.28 bits per heavy atom. The topological polar surface area (TPSA) is 46.2 Å². The predicted octanol–water partition coefficient (Wildman–Crippen LogP) is 3.07. The van der Waals surface area contributed by atoms with Crippen LogP contribution in [0.4, 0.5) is 18.9 Å². The number of alkyl halides is 3. The molecule has 3 nitrogen and oxygen atoms in total. The second kappa shape index (κ2) is 5.83. The lowest BCUT2D eigenvalue weighted by Gasteiger charge is -2.18. The number of para-hydroxylation sites is 1. The number of sulfonamides is 1. The Morgan fingerprint density at radius 2 is 1.83 bits per heavy atom. The Hall–Kier alpha value is -0.890. The highest BCUT2D eigenvalue weighted by Gasteiger charge is 2.38. The smallest absolute Gasteiger partial charge is 0.283 e. The number of benzene rings is 1. The number of rotatable bonds is 5. The lowest BCUT2D eigenvalue weighted by Crippen LogP contribution is -2.29. The highest BCUT2D eigenvalue weighted by atomic mass is 32.3. The van der Waals surface area contributed by atoms with Crippen LogP contribution in [0, 0.1) is 0 Å². The van der Waals surface area contributed by atoms with Gasteiger partial charge in [0, 0.05) is 5.69 Å². The van der Waals surface area contributed by atoms with Crippen molar-refractivity contribution >= 4 is 27.5 Å². The van der Waals surface area contributed by atoms with Gasteiger partial charge in [-0.3, -0.25) is 4.72 Å². The van der Waals surface area contributed by atoms with Crippen molar-refractivity contribution in [1.82, 2.24) is 0 Å². The average Bonchev–Trinajstić information content (AvgIpc) is 2.25. The third kappa shape index (κ3) is 4.77. The maximum atomic E-state index is 12.3. The summed E-state index contributed by atoms with van der Waals surface area (Å²) in [5, 5.41) is 0. The standard InChI is InChI=1S/C10H12F3NO2S2/c1-17-9(7-10(11,12)13)18(15,16)14-8-5-3-2-4-6-8/h2-6,9,14H,7H2,1H3. The van der Waals surface area contributed by atoms with Crippen LogP contribution in [0.2, 0.25) is 0 Å². The summed E-state index contributed by atoms with van der Waals surface area (Å²) in [5.74, 6) is 0. The highest BCUT2D eigenvalue weighted by Crippen LogP contribution is 2.30. The number of hydrogen-bond acceptors (Lipinski definition) is 3. The molecule has 0 heterocycles. The molecule has 18 heavy (non-hydrogen) atoms. The predicted molar refractivity (Wildman–Crippen MR) is 67.0 cm³/mol. The van der Waals surface area contributed by atoms with Crippen LogP contribution in [-0.2, 0) is 10.0 Å². The molecule has 0 fully saturated rings. The fraction of sp³-hybridized carbons (Fsp3) is 0.400. The molecule has 0 saturated carbocycles. The van der Waals surface area contributed by atoms with Crippen LogP contribution in [0.15, 0.2) is 30.3 Å². The summed E-state index contributed by atoms with van der Waals surface area (Å²) in [6, 6.07) is 7.82. The van der Waals surface area contributed by atoms with E-state index in [2.05, 4.69) is 4.72 Å². The number of nitrogens with one attached hydrogen (secondary N) is 1. The molecule has 0 aliphatic carbocycles. The highest BCUT2D eigenvalue weighted by molar-refractivity contribution is 8.13. The summed E-state index contributed by atoms with van der Waals surface area (Å²) in [7, 11) is -4.07. The molecule has 0 aliphatic rings. The minimum absolute atomic E-state index is 0.249. The van der Waals surface area contributed by atoms with Crippen LogP contribution in [0.3, 0.4) is 0 Å². The first-order chi connectivity index (χ1) is 8.24. The molecule has 0 bridgehead atoms. The van der Waals surface area contributed by atoms with Crippen molar-refractivity contribution in [3.8, 4) is 0 Å². The van der Waals surface area contributed by atoms with E-state index in [0.717, 1.165) is 0 Å². The zero-order valence-electron chi connectivity index (χ0n) is 9.44. The Balaban J connectivity index is 2.84. The average molecular weight is 299 g/mol. The van der Waals surface area contributed by atoms with Gasteiger partial charge in [0.25, 0.3) is 0 Å². The zero-order chi connectivity index (χ0) is 13.8. The van der Waals surface area contributed by atoms with Crippen molar-refractivity contribution in [3.63, 3.8) is 0 Å². The van der Waals surface area contributed by atoms with Crippen molar-refractivity contribution < 1.29 is 21.6 Å². The zero-order valence-corrected chi connectivity index (χ0v) is 11.1. The molecule has 102 valence electrons. The molecule has 0 aromatic heterocycles. The van der Waals surface area contributed by atoms with Crippen LogP contribution in [-0.4, -0.2) is 25.4 Å². The fourth-order valence-corrected chi connectivity index (χ4v) is 3.76. The Morgan fingerprint density at radius 3 is 2.28 bits per heavy atom. The molecule has 0 amide bonds. The van der Waals surface area contributed by atoms with Crippen molar-refractivity contribution in [1.29, 1.82) is 0 Å². The fourth-order valence-electron chi connectivity index (χ4n) is 1.24. The van der Waals surface area contributed by atoms with E-state index in [4.69, 9.17) is 0 Å². The van der Waals surface area contributed by atoms with Gasteiger partial charge in [-0.25, -0.2) is 8.42 Å². The van der Waals surface area contributed by atoms with Gasteiger partial charge < -0.3 is 0 Å². The lowest BCUT2D eigenvalue weighted by atomic mass is 10.3. The van der Waals surface area contributed by atoms with Gasteiger partial charge in [-0.1, -0.05) is 18.2 Å². The first kappa shape index (κ1) is 15.2. The van der Waals surface area contributed by atoms with E-state index in [1.807, 2.05) is 0 Å². The van der Waals surface area contributed by atoms with Gasteiger partial charge in [0.15, 0.2) is 0 Å². The van der Waals surface area contributed by atoms with Crippen molar-refractivity contribution in [3.05, 3.63) is 30.3 Å². The molecule has 0 saturated heterocycles. The van der Waals surface area contributed by atoms with E-state index in [1.165, 1.54) is 18.4 Å². The molecule has 1 aromatic carbocycles. The van der Waals surface area contributed by atoms with Crippen molar-refractivity contribution in [2.45, 2.75) is 17.2 Å². The molecule has 0 spiro atoms. The molecule has 0 radical (unpaired) electrons. The van der Waals surface area contributed by atoms with E-state index in [0.29, 0.717) is 11.8 Å². The largest absolute Gasteiger partial charge is 0.391 e. The quantitative estimate of drug-likeness (QED) is 0.909. The number of anilines is 1. The maximum Gasteiger partial charge on any atom is 0.391 e. The summed E-state index contributed by atoms with van der Waals surface area (Å²) >= 11 is 0.653. The summed E-state index contributed by atoms with van der Waals surface area (Å²) in [6.45, 7) is 0. The SMILES string of the molecule is CSC(CC(F)(F)F)S(=O)(=O)Nc1ccccc1. The van der Waals surface area contributed by atoms with Gasteiger partial charge in [0.05, 0.1) is 6.42 Å². The lowest BCUT2D eigenvalue weighted by molar-refractivity contribution is -0.131. The monoisotopic (exact) mass is 299 g/mol. The molecule has 1 N–H and O–H groups in total. The summed E-state index contributed by atoms with van der Waals surface area (Å²) in [5.41, 5.74) is 0.249. The Bertz CT molecular complexity index is 474. The van der Waals surface area contributed by atoms with Crippen LogP contribution >= 0.6 is 11.8 Å². The first-order valence-corrected chi connectivity index (χ1v) is 7.74. The molecular formula is C10H12F3NO2S2. The van der Waals surface area contributed by atoms with E-state index < -0.39 is 27.2 Å². The van der Waals surface area contributed by atoms with Crippen LogP contribution in [0.1, 0.15) is 6.42 Å². The Labute approximate surface area is 108 Å². The molecular weight excluding hydrogens is 287 g/mol. The van der Waals surface area contributed by atoms with E-state index in [9.17, 15) is 21.6 Å². The van der Waals surface area contributed by atoms with E-state index in [1.54, 1.807) is 18.2 Å². The van der Waals surface area contributed by atoms with Crippen molar-refractivity contribution in [2.75, 3.05) is 11.0 Å². The molecule has 1 atom stereocenters. The van der Waals surface area contributed by atoms with Crippen LogP contribution < -0.4 is 4.72 Å². The summed E-state index contributed by atoms with van der Waals surface area (Å²) in [4.78, 5) is 0. The third-order valence-electron chi connectivity index (χ3n) is 2.04. The van der Waals surface area contributed by atoms with E-state index >= 15 is 0 Å². The number of halogens is 3. The first-order valence-electron chi connectivity index (χ1n) is 4.91. The van der Waals surface area contributed by atoms with Crippen LogP contribution in [0.25, 0.3) is 0 Å². The Kier molecular flexibility index (Phi) is 4.92. The second-order valence-electron chi connectivity index (χ2n) is 3.50. The number of thioether (sulfide) groups is 1. The minimum atomic E-state index is -4.51. The van der Waals surface area contributed by atoms with E-state index in [-0.39, 0.29) is 5.69 Å². The summed E-state index contributed by atoms with van der Waals surface area (Å²) < 4.78 is 60.9. The maximum absolute atomic E-state index is 12.3. The van der Waals surface area contributed by atoms with Gasteiger partial charge in [-0.2, -0.15) is 13.2 Å². The molecule has 8 heteroatoms. The minimum Gasteiger partial charge on any atom is -0.283 e. The molecule has 1 rings (SSSR count). The van der Waals surface area contributed by atoms with Crippen molar-refractivity contribution in [2.24, 2.45) is 0 Å². The normalized spacial score (nSPS) is 14.2. The van der Waals surface area contributed by atoms with Gasteiger partial charge in [0.1, 0.15) is 4.58 Å². The third-order valence-corrected chi connectivity index (χ3v) is 5.45.